The summed E-state index contributed by atoms with van der Waals surface area (Å²) in [6.07, 6.45) is 11.8. The number of hydroxylamine groups is 2. The number of allylic oxidation sites excluding steroid dienone is 6. The number of rotatable bonds is 13. The van der Waals surface area contributed by atoms with Crippen LogP contribution in [-0.2, 0) is 50.3 Å². The number of fused-ring (bicyclic) bond motifs is 6. The Balaban J connectivity index is 1.17. The van der Waals surface area contributed by atoms with Gasteiger partial charge >= 0.3 is 5.97 Å². The van der Waals surface area contributed by atoms with E-state index in [-0.39, 0.29) is 29.1 Å². The third kappa shape index (κ3) is 7.59. The van der Waals surface area contributed by atoms with Gasteiger partial charge in [0.15, 0.2) is 5.71 Å². The fourth-order valence-electron chi connectivity index (χ4n) is 9.10. The van der Waals surface area contributed by atoms with Crippen LogP contribution in [0.5, 0.6) is 0 Å². The van der Waals surface area contributed by atoms with Crippen molar-refractivity contribution in [2.75, 3.05) is 18.0 Å². The Hall–Kier alpha value is -5.48. The van der Waals surface area contributed by atoms with Crippen molar-refractivity contribution in [2.24, 2.45) is 0 Å². The molecule has 7 rings (SSSR count). The van der Waals surface area contributed by atoms with Crippen molar-refractivity contribution in [3.63, 3.8) is 0 Å². The zero-order valence-electron chi connectivity index (χ0n) is 34.1. The van der Waals surface area contributed by atoms with Crippen LogP contribution in [0.1, 0.15) is 84.3 Å². The maximum absolute atomic E-state index is 12.4. The van der Waals surface area contributed by atoms with Gasteiger partial charge in [0.2, 0.25) is 5.69 Å². The highest BCUT2D eigenvalue weighted by molar-refractivity contribution is 7.86. The van der Waals surface area contributed by atoms with Crippen molar-refractivity contribution >= 4 is 76.7 Å². The number of hydrogen-bond acceptors (Lipinski definition) is 9. The second kappa shape index (κ2) is 15.8. The summed E-state index contributed by atoms with van der Waals surface area (Å²) in [6, 6.07) is 17.0. The second-order valence-electron chi connectivity index (χ2n) is 16.3. The van der Waals surface area contributed by atoms with Crippen LogP contribution < -0.4 is 4.90 Å². The topological polar surface area (TPSA) is 179 Å². The van der Waals surface area contributed by atoms with Crippen LogP contribution in [0.3, 0.4) is 0 Å². The number of unbranched alkanes of at least 4 members (excludes halogenated alkanes) is 2. The van der Waals surface area contributed by atoms with E-state index in [2.05, 4.69) is 44.1 Å². The fourth-order valence-corrected chi connectivity index (χ4v) is 10.5. The van der Waals surface area contributed by atoms with Gasteiger partial charge in [0.05, 0.1) is 5.41 Å². The van der Waals surface area contributed by atoms with Gasteiger partial charge in [-0.15, -0.1) is 5.06 Å². The van der Waals surface area contributed by atoms with Crippen molar-refractivity contribution in [1.82, 2.24) is 5.06 Å². The Labute approximate surface area is 349 Å². The molecule has 3 aliphatic rings. The van der Waals surface area contributed by atoms with Gasteiger partial charge in [-0.2, -0.15) is 21.4 Å². The standard InChI is InChI=1S/C45H47N3O10S2/c1-6-46-33-24-22-29-31(15-13-17-35(29)59(52,53)54)42(33)44(2,3)37(46)19-9-7-10-20-38-45(4,5)43-32-16-14-18-36(60(55,56)57)30(32)23-25-34(43)47(38)28-12-8-11-21-41(51)58-48-39(49)26-27-40(48)50/h7,9-10,13-20,22-25H,6,8,11-12,21,26-28H2,1-5H3,(H-,52,53,54,55,56,57)/p+1. The maximum atomic E-state index is 12.4. The number of carbonyl (C=O) groups excluding carboxylic acids is 3. The van der Waals surface area contributed by atoms with Gasteiger partial charge in [-0.25, -0.2) is 4.79 Å². The van der Waals surface area contributed by atoms with Crippen LogP contribution in [-0.4, -0.2) is 72.2 Å². The summed E-state index contributed by atoms with van der Waals surface area (Å²) in [6.45, 7) is 11.6. The summed E-state index contributed by atoms with van der Waals surface area (Å²) in [5.41, 5.74) is 4.59. The molecule has 60 heavy (non-hydrogen) atoms. The number of likely N-dealkylation sites (N-methyl/N-ethyl adjacent to an activating group) is 1. The summed E-state index contributed by atoms with van der Waals surface area (Å²) in [5, 5.41) is 2.89. The number of nitrogens with zero attached hydrogens (tertiary/aromatic N) is 3. The largest absolute Gasteiger partial charge is 0.344 e. The van der Waals surface area contributed by atoms with Gasteiger partial charge in [-0.1, -0.05) is 62.4 Å². The Bertz CT molecular complexity index is 2820. The first-order valence-corrected chi connectivity index (χ1v) is 22.8. The molecule has 0 bridgehead atoms. The predicted octanol–water partition coefficient (Wildman–Crippen LogP) is 7.84. The van der Waals surface area contributed by atoms with Gasteiger partial charge in [0.25, 0.3) is 32.1 Å². The number of anilines is 1. The molecular weight excluding hydrogens is 807 g/mol. The van der Waals surface area contributed by atoms with E-state index >= 15 is 0 Å². The van der Waals surface area contributed by atoms with E-state index < -0.39 is 48.8 Å². The average molecular weight is 855 g/mol. The number of carbonyl (C=O) groups is 3. The molecule has 4 aromatic carbocycles. The van der Waals surface area contributed by atoms with E-state index in [1.165, 1.54) is 12.1 Å². The molecule has 0 aromatic heterocycles. The Morgan fingerprint density at radius 1 is 0.750 bits per heavy atom. The zero-order valence-corrected chi connectivity index (χ0v) is 35.8. The minimum absolute atomic E-state index is 0.0275. The van der Waals surface area contributed by atoms with Crippen molar-refractivity contribution in [3.8, 4) is 0 Å². The third-order valence-electron chi connectivity index (χ3n) is 11.8. The van der Waals surface area contributed by atoms with Crippen LogP contribution in [0.25, 0.3) is 21.5 Å². The summed E-state index contributed by atoms with van der Waals surface area (Å²) in [5.74, 6) is -1.69. The molecule has 2 amide bonds. The average Bonchev–Trinajstić information content (AvgIpc) is 3.70. The highest BCUT2D eigenvalue weighted by atomic mass is 32.2. The van der Waals surface area contributed by atoms with Crippen LogP contribution >= 0.6 is 0 Å². The maximum Gasteiger partial charge on any atom is 0.333 e. The number of benzene rings is 4. The number of imide groups is 1. The highest BCUT2D eigenvalue weighted by Gasteiger charge is 2.46. The molecule has 0 unspecified atom stereocenters. The van der Waals surface area contributed by atoms with E-state index in [0.29, 0.717) is 53.6 Å². The van der Waals surface area contributed by atoms with Gasteiger partial charge in [-0.3, -0.25) is 18.7 Å². The molecule has 0 radical (unpaired) electrons. The SMILES string of the molecule is CCN1/C(=C/C=C/C=C/C2=[N+](CCCCCC(=O)ON3C(=O)CCC3=O)c3ccc4c(S(=O)(=O)O)cccc4c3C2(C)C)C(C)(C)c2c1ccc1c(S(=O)(=O)O)cccc21. The highest BCUT2D eigenvalue weighted by Crippen LogP contribution is 2.51. The minimum atomic E-state index is -4.50. The first-order chi connectivity index (χ1) is 28.3. The number of amides is 2. The molecular formula is C45H48N3O10S2+. The van der Waals surface area contributed by atoms with Crippen molar-refractivity contribution in [1.29, 1.82) is 0 Å². The molecule has 1 saturated heterocycles. The third-order valence-corrected chi connectivity index (χ3v) is 13.6. The molecule has 0 atom stereocenters. The van der Waals surface area contributed by atoms with Crippen molar-refractivity contribution in [2.45, 2.75) is 93.8 Å². The Morgan fingerprint density at radius 3 is 1.95 bits per heavy atom. The molecule has 1 fully saturated rings. The van der Waals surface area contributed by atoms with Crippen molar-refractivity contribution in [3.05, 3.63) is 108 Å². The lowest BCUT2D eigenvalue weighted by Crippen LogP contribution is -2.31. The van der Waals surface area contributed by atoms with Crippen LogP contribution in [0.15, 0.2) is 107 Å². The quantitative estimate of drug-likeness (QED) is 0.0440. The normalized spacial score (nSPS) is 18.3. The van der Waals surface area contributed by atoms with E-state index in [0.717, 1.165) is 39.3 Å². The van der Waals surface area contributed by atoms with E-state index in [9.17, 15) is 40.3 Å². The fraction of sp³-hybridized carbons (Fsp3) is 0.333. The Kier molecular flexibility index (Phi) is 11.3. The molecule has 2 N–H and O–H groups in total. The number of hydrogen-bond donors (Lipinski definition) is 2. The molecule has 13 nitrogen and oxygen atoms in total. The van der Waals surface area contributed by atoms with Gasteiger partial charge in [-0.05, 0) is 80.3 Å². The van der Waals surface area contributed by atoms with Crippen LogP contribution in [0, 0.1) is 0 Å². The molecule has 0 saturated carbocycles. The van der Waals surface area contributed by atoms with Gasteiger partial charge in [0, 0.05) is 77.5 Å². The lowest BCUT2D eigenvalue weighted by molar-refractivity contribution is -0.438. The van der Waals surface area contributed by atoms with Gasteiger partial charge < -0.3 is 9.74 Å². The van der Waals surface area contributed by atoms with Gasteiger partial charge in [0.1, 0.15) is 16.3 Å². The predicted molar refractivity (Wildman–Crippen MR) is 228 cm³/mol. The monoisotopic (exact) mass is 854 g/mol. The Morgan fingerprint density at radius 2 is 1.35 bits per heavy atom. The van der Waals surface area contributed by atoms with E-state index in [4.69, 9.17) is 4.84 Å². The first kappa shape index (κ1) is 42.6. The molecule has 0 aliphatic carbocycles. The van der Waals surface area contributed by atoms with E-state index in [1.807, 2.05) is 54.6 Å². The smallest absolute Gasteiger partial charge is 0.333 e. The molecule has 15 heteroatoms. The van der Waals surface area contributed by atoms with Crippen LogP contribution in [0.2, 0.25) is 0 Å². The molecule has 314 valence electrons. The second-order valence-corrected chi connectivity index (χ2v) is 19.0. The first-order valence-electron chi connectivity index (χ1n) is 19.9. The molecule has 3 heterocycles. The van der Waals surface area contributed by atoms with Crippen LogP contribution in [0.4, 0.5) is 11.4 Å². The summed E-state index contributed by atoms with van der Waals surface area (Å²) in [7, 11) is -8.93. The summed E-state index contributed by atoms with van der Waals surface area (Å²) in [4.78, 5) is 43.1. The van der Waals surface area contributed by atoms with Crippen molar-refractivity contribution < 1.29 is 49.7 Å². The lowest BCUT2D eigenvalue weighted by Gasteiger charge is -2.26. The minimum Gasteiger partial charge on any atom is -0.344 e. The summed E-state index contributed by atoms with van der Waals surface area (Å²) < 4.78 is 71.4. The molecule has 0 spiro atoms. The van der Waals surface area contributed by atoms with E-state index in [1.54, 1.807) is 24.3 Å². The molecule has 4 aromatic rings. The summed E-state index contributed by atoms with van der Waals surface area (Å²) >= 11 is 0. The lowest BCUT2D eigenvalue weighted by atomic mass is 9.79. The molecule has 3 aliphatic heterocycles. The zero-order chi connectivity index (χ0) is 43.4.